The molecule has 1 aliphatic heterocycles. The average molecular weight is 636 g/mol. The van der Waals surface area contributed by atoms with Crippen molar-refractivity contribution in [2.75, 3.05) is 33.8 Å². The van der Waals surface area contributed by atoms with Crippen LogP contribution in [0.4, 0.5) is 4.79 Å². The first-order chi connectivity index (χ1) is 22.8. The van der Waals surface area contributed by atoms with E-state index in [9.17, 15) is 9.59 Å². The van der Waals surface area contributed by atoms with E-state index in [0.717, 1.165) is 87.6 Å². The second kappa shape index (κ2) is 14.1. The normalized spacial score (nSPS) is 12.0. The van der Waals surface area contributed by atoms with Crippen LogP contribution in [0.5, 0.6) is 5.75 Å². The number of hydrogen-bond acceptors (Lipinski definition) is 7. The highest BCUT2D eigenvalue weighted by Gasteiger charge is 2.23. The van der Waals surface area contributed by atoms with Crippen molar-refractivity contribution in [1.29, 1.82) is 0 Å². The average Bonchev–Trinajstić information content (AvgIpc) is 3.73. The minimum Gasteiger partial charge on any atom is -0.487 e. The van der Waals surface area contributed by atoms with Gasteiger partial charge in [-0.25, -0.2) is 14.8 Å². The van der Waals surface area contributed by atoms with Crippen LogP contribution in [0.15, 0.2) is 60.8 Å². The van der Waals surface area contributed by atoms with Gasteiger partial charge >= 0.3 is 6.09 Å². The number of hydrogen-bond donors (Lipinski definition) is 3. The number of nitrogens with zero attached hydrogens (tertiary/aromatic N) is 4. The molecule has 0 bridgehead atoms. The molecule has 0 saturated carbocycles. The van der Waals surface area contributed by atoms with Crippen LogP contribution in [-0.4, -0.2) is 75.5 Å². The van der Waals surface area contributed by atoms with Gasteiger partial charge in [0.25, 0.3) is 0 Å². The van der Waals surface area contributed by atoms with Gasteiger partial charge in [-0.3, -0.25) is 9.69 Å². The van der Waals surface area contributed by atoms with E-state index in [0.29, 0.717) is 25.5 Å². The number of methoxy groups -OCH3 is 1. The van der Waals surface area contributed by atoms with E-state index in [4.69, 9.17) is 9.72 Å². The zero-order chi connectivity index (χ0) is 32.9. The Balaban J connectivity index is 1.16. The minimum atomic E-state index is -0.636. The summed E-state index contributed by atoms with van der Waals surface area (Å²) in [5.41, 5.74) is 7.08. The Morgan fingerprint density at radius 2 is 1.64 bits per heavy atom. The van der Waals surface area contributed by atoms with E-state index < -0.39 is 6.09 Å². The zero-order valence-electron chi connectivity index (χ0n) is 27.4. The van der Waals surface area contributed by atoms with Crippen molar-refractivity contribution in [3.05, 3.63) is 78.1 Å². The molecule has 2 aromatic heterocycles. The number of fused-ring (bicyclic) bond motifs is 4. The lowest BCUT2D eigenvalue weighted by atomic mass is 9.97. The molecule has 11 nitrogen and oxygen atoms in total. The van der Waals surface area contributed by atoms with E-state index >= 15 is 0 Å². The van der Waals surface area contributed by atoms with Crippen LogP contribution >= 0.6 is 0 Å². The van der Waals surface area contributed by atoms with E-state index in [1.165, 1.54) is 7.11 Å². The number of rotatable bonds is 12. The number of aromatic amines is 2. The Bertz CT molecular complexity index is 1900. The monoisotopic (exact) mass is 635 g/mol. The summed E-state index contributed by atoms with van der Waals surface area (Å²) in [6.45, 7) is 7.21. The summed E-state index contributed by atoms with van der Waals surface area (Å²) in [7, 11) is 3.38. The standard InChI is InChI=1S/C36H41N7O4/c1-5-13-42(3)20-33-40-30-22-47-31-17-26(11-12-28(31)35(30)41-33)24-7-8-25-16-27(10-9-23(25)15-24)29-18-37-32(39-29)21-43(14-6-2)34(44)19-38-36(45)46-4/h7-12,15-18H,5-6,13-14,19-22H2,1-4H3,(H,37,39)(H,38,45)(H,40,41). The third kappa shape index (κ3) is 7.15. The predicted octanol–water partition coefficient (Wildman–Crippen LogP) is 6.12. The Labute approximate surface area is 274 Å². The van der Waals surface area contributed by atoms with Crippen molar-refractivity contribution in [2.45, 2.75) is 46.4 Å². The summed E-state index contributed by atoms with van der Waals surface area (Å²) in [5.74, 6) is 2.28. The van der Waals surface area contributed by atoms with Crippen LogP contribution in [-0.2, 0) is 29.2 Å². The number of H-pyrrole nitrogens is 2. The molecule has 3 heterocycles. The van der Waals surface area contributed by atoms with E-state index in [-0.39, 0.29) is 12.5 Å². The highest BCUT2D eigenvalue weighted by Crippen LogP contribution is 2.39. The molecule has 47 heavy (non-hydrogen) atoms. The molecule has 0 radical (unpaired) electrons. The fraction of sp³-hybridized carbons (Fsp3) is 0.333. The van der Waals surface area contributed by atoms with Gasteiger partial charge in [0.1, 0.15) is 30.5 Å². The summed E-state index contributed by atoms with van der Waals surface area (Å²) < 4.78 is 10.7. The van der Waals surface area contributed by atoms with Crippen molar-refractivity contribution in [2.24, 2.45) is 0 Å². The van der Waals surface area contributed by atoms with Crippen LogP contribution in [0.2, 0.25) is 0 Å². The third-order valence-electron chi connectivity index (χ3n) is 8.33. The minimum absolute atomic E-state index is 0.130. The molecular formula is C36H41N7O4. The molecule has 11 heteroatoms. The van der Waals surface area contributed by atoms with Gasteiger partial charge in [-0.15, -0.1) is 0 Å². The molecule has 0 spiro atoms. The highest BCUT2D eigenvalue weighted by molar-refractivity contribution is 5.91. The first-order valence-electron chi connectivity index (χ1n) is 16.1. The number of aromatic nitrogens is 4. The highest BCUT2D eigenvalue weighted by atomic mass is 16.5. The van der Waals surface area contributed by atoms with Crippen LogP contribution in [0.25, 0.3) is 44.4 Å². The maximum atomic E-state index is 12.7. The molecule has 2 amide bonds. The Morgan fingerprint density at radius 3 is 2.40 bits per heavy atom. The SMILES string of the molecule is CCCN(C)Cc1nc2c([nH]1)COc1cc(-c3ccc4cc(-c5cnc(CN(CCC)C(=O)CNC(=O)OC)[nH]5)ccc4c3)ccc1-2. The summed E-state index contributed by atoms with van der Waals surface area (Å²) in [6.07, 6.45) is 3.04. The fourth-order valence-electron chi connectivity index (χ4n) is 6.01. The Morgan fingerprint density at radius 1 is 0.915 bits per heavy atom. The van der Waals surface area contributed by atoms with Crippen LogP contribution in [0.1, 0.15) is 44.0 Å². The zero-order valence-corrected chi connectivity index (χ0v) is 27.4. The summed E-state index contributed by atoms with van der Waals surface area (Å²) in [5, 5.41) is 4.68. The number of carbonyl (C=O) groups excluding carboxylic acids is 2. The van der Waals surface area contributed by atoms with E-state index in [2.05, 4.69) is 98.5 Å². The number of carbonyl (C=O) groups is 2. The molecule has 0 unspecified atom stereocenters. The number of amides is 2. The van der Waals surface area contributed by atoms with E-state index in [1.54, 1.807) is 11.1 Å². The lowest BCUT2D eigenvalue weighted by Gasteiger charge is -2.21. The second-order valence-corrected chi connectivity index (χ2v) is 11.9. The van der Waals surface area contributed by atoms with Gasteiger partial charge in [0.15, 0.2) is 0 Å². The molecule has 3 N–H and O–H groups in total. The molecule has 3 aromatic carbocycles. The van der Waals surface area contributed by atoms with Crippen molar-refractivity contribution in [1.82, 2.24) is 35.1 Å². The quantitative estimate of drug-likeness (QED) is 0.151. The molecular weight excluding hydrogens is 594 g/mol. The van der Waals surface area contributed by atoms with Crippen molar-refractivity contribution < 1.29 is 19.1 Å². The molecule has 0 aliphatic carbocycles. The van der Waals surface area contributed by atoms with Gasteiger partial charge in [0, 0.05) is 17.7 Å². The summed E-state index contributed by atoms with van der Waals surface area (Å²) >= 11 is 0. The number of benzene rings is 3. The maximum absolute atomic E-state index is 12.7. The van der Waals surface area contributed by atoms with Gasteiger partial charge in [-0.2, -0.15) is 0 Å². The fourth-order valence-corrected chi connectivity index (χ4v) is 6.01. The van der Waals surface area contributed by atoms with Gasteiger partial charge < -0.3 is 29.7 Å². The molecule has 0 atom stereocenters. The third-order valence-corrected chi connectivity index (χ3v) is 8.33. The largest absolute Gasteiger partial charge is 0.487 e. The van der Waals surface area contributed by atoms with Gasteiger partial charge in [0.2, 0.25) is 5.91 Å². The van der Waals surface area contributed by atoms with Gasteiger partial charge in [0.05, 0.1) is 43.5 Å². The molecule has 0 saturated heterocycles. The summed E-state index contributed by atoms with van der Waals surface area (Å²) in [4.78, 5) is 44.3. The Hall–Kier alpha value is -5.16. The number of nitrogens with one attached hydrogen (secondary N) is 3. The van der Waals surface area contributed by atoms with Crippen LogP contribution in [0.3, 0.4) is 0 Å². The molecule has 1 aliphatic rings. The number of ether oxygens (including phenoxy) is 2. The topological polar surface area (TPSA) is 128 Å². The number of imidazole rings is 2. The van der Waals surface area contributed by atoms with Crippen molar-refractivity contribution in [3.8, 4) is 39.4 Å². The maximum Gasteiger partial charge on any atom is 0.407 e. The molecule has 0 fully saturated rings. The van der Waals surface area contributed by atoms with Crippen molar-refractivity contribution in [3.63, 3.8) is 0 Å². The Kier molecular flexibility index (Phi) is 9.53. The van der Waals surface area contributed by atoms with Crippen molar-refractivity contribution >= 4 is 22.8 Å². The molecule has 6 rings (SSSR count). The molecule has 244 valence electrons. The first kappa shape index (κ1) is 31.8. The second-order valence-electron chi connectivity index (χ2n) is 11.9. The molecule has 5 aromatic rings. The van der Waals surface area contributed by atoms with Gasteiger partial charge in [-0.05, 0) is 72.6 Å². The smallest absolute Gasteiger partial charge is 0.407 e. The summed E-state index contributed by atoms with van der Waals surface area (Å²) in [6, 6.07) is 19.1. The lowest BCUT2D eigenvalue weighted by Crippen LogP contribution is -2.40. The lowest BCUT2D eigenvalue weighted by molar-refractivity contribution is -0.130. The van der Waals surface area contributed by atoms with Gasteiger partial charge in [-0.1, -0.05) is 44.2 Å². The van der Waals surface area contributed by atoms with E-state index in [1.807, 2.05) is 6.92 Å². The first-order valence-corrected chi connectivity index (χ1v) is 16.1. The van der Waals surface area contributed by atoms with Crippen LogP contribution in [0, 0.1) is 0 Å². The number of alkyl carbamates (subject to hydrolysis) is 1. The predicted molar refractivity (Wildman–Crippen MR) is 182 cm³/mol. The van der Waals surface area contributed by atoms with Crippen LogP contribution < -0.4 is 10.1 Å².